The van der Waals surface area contributed by atoms with Gasteiger partial charge in [-0.2, -0.15) is 0 Å². The fourth-order valence-corrected chi connectivity index (χ4v) is 2.19. The van der Waals surface area contributed by atoms with Crippen LogP contribution in [0, 0.1) is 0 Å². The summed E-state index contributed by atoms with van der Waals surface area (Å²) < 4.78 is 0. The molecule has 0 heterocycles. The SMILES string of the molecule is O=C(CCCCCl)c1ccc(-c2ccccc2)cc1. The number of unbranched alkanes of at least 4 members (excludes halogenated alkanes) is 1. The summed E-state index contributed by atoms with van der Waals surface area (Å²) in [5, 5.41) is 0. The lowest BCUT2D eigenvalue weighted by Crippen LogP contribution is -1.98. The number of ketones is 1. The van der Waals surface area contributed by atoms with Crippen molar-refractivity contribution in [3.05, 3.63) is 60.2 Å². The highest BCUT2D eigenvalue weighted by atomic mass is 35.5. The number of carbonyl (C=O) groups is 1. The Balaban J connectivity index is 2.04. The van der Waals surface area contributed by atoms with Crippen molar-refractivity contribution in [2.24, 2.45) is 0 Å². The summed E-state index contributed by atoms with van der Waals surface area (Å²) in [6.07, 6.45) is 2.34. The summed E-state index contributed by atoms with van der Waals surface area (Å²) in [5.41, 5.74) is 3.09. The van der Waals surface area contributed by atoms with E-state index in [0.29, 0.717) is 12.3 Å². The van der Waals surface area contributed by atoms with E-state index in [4.69, 9.17) is 11.6 Å². The molecular formula is C17H17ClO. The van der Waals surface area contributed by atoms with Gasteiger partial charge in [-0.1, -0.05) is 54.6 Å². The highest BCUT2D eigenvalue weighted by molar-refractivity contribution is 6.17. The Kier molecular flexibility index (Phi) is 5.17. The molecule has 0 radical (unpaired) electrons. The number of Topliss-reactive ketones (excluding diaryl/α,β-unsaturated/α-hetero) is 1. The quantitative estimate of drug-likeness (QED) is 0.413. The second-order valence-corrected chi connectivity index (χ2v) is 4.89. The van der Waals surface area contributed by atoms with Gasteiger partial charge in [0.05, 0.1) is 0 Å². The maximum Gasteiger partial charge on any atom is 0.162 e. The standard InChI is InChI=1S/C17H17ClO/c18-13-5-4-8-17(19)16-11-9-15(10-12-16)14-6-2-1-3-7-14/h1-3,6-7,9-12H,4-5,8,13H2. The molecule has 0 atom stereocenters. The first-order valence-electron chi connectivity index (χ1n) is 6.56. The van der Waals surface area contributed by atoms with Crippen LogP contribution in [-0.4, -0.2) is 11.7 Å². The third-order valence-electron chi connectivity index (χ3n) is 3.10. The molecule has 0 unspecified atom stereocenters. The number of hydrogen-bond acceptors (Lipinski definition) is 1. The third-order valence-corrected chi connectivity index (χ3v) is 3.37. The van der Waals surface area contributed by atoms with Crippen molar-refractivity contribution >= 4 is 17.4 Å². The molecule has 2 heteroatoms. The number of alkyl halides is 1. The minimum atomic E-state index is 0.199. The molecule has 0 aliphatic rings. The normalized spacial score (nSPS) is 10.4. The molecule has 0 aliphatic carbocycles. The van der Waals surface area contributed by atoms with E-state index in [9.17, 15) is 4.79 Å². The van der Waals surface area contributed by atoms with Crippen LogP contribution in [0.4, 0.5) is 0 Å². The topological polar surface area (TPSA) is 17.1 Å². The Labute approximate surface area is 119 Å². The van der Waals surface area contributed by atoms with Gasteiger partial charge in [0, 0.05) is 17.9 Å². The molecule has 0 N–H and O–H groups in total. The fourth-order valence-electron chi connectivity index (χ4n) is 2.00. The molecule has 0 aromatic heterocycles. The van der Waals surface area contributed by atoms with E-state index in [0.717, 1.165) is 24.0 Å². The molecule has 0 saturated carbocycles. The molecule has 0 fully saturated rings. The van der Waals surface area contributed by atoms with E-state index in [-0.39, 0.29) is 5.78 Å². The van der Waals surface area contributed by atoms with Gasteiger partial charge in [-0.15, -0.1) is 11.6 Å². The first kappa shape index (κ1) is 13.8. The van der Waals surface area contributed by atoms with Crippen LogP contribution < -0.4 is 0 Å². The zero-order chi connectivity index (χ0) is 13.5. The van der Waals surface area contributed by atoms with Gasteiger partial charge in [0.2, 0.25) is 0 Å². The molecule has 2 aromatic carbocycles. The van der Waals surface area contributed by atoms with Crippen LogP contribution in [0.1, 0.15) is 29.6 Å². The van der Waals surface area contributed by atoms with Crippen molar-refractivity contribution in [3.63, 3.8) is 0 Å². The van der Waals surface area contributed by atoms with Crippen molar-refractivity contribution in [1.82, 2.24) is 0 Å². The average Bonchev–Trinajstić information content (AvgIpc) is 2.48. The van der Waals surface area contributed by atoms with Gasteiger partial charge < -0.3 is 0 Å². The Hall–Kier alpha value is -1.60. The molecule has 2 aromatic rings. The van der Waals surface area contributed by atoms with Gasteiger partial charge in [-0.25, -0.2) is 0 Å². The number of benzene rings is 2. The van der Waals surface area contributed by atoms with Crippen LogP contribution in [0.25, 0.3) is 11.1 Å². The summed E-state index contributed by atoms with van der Waals surface area (Å²) in [6, 6.07) is 18.0. The molecule has 0 bridgehead atoms. The molecule has 0 amide bonds. The molecule has 0 spiro atoms. The summed E-state index contributed by atoms with van der Waals surface area (Å²) in [6.45, 7) is 0. The van der Waals surface area contributed by atoms with Gasteiger partial charge in [0.25, 0.3) is 0 Å². The van der Waals surface area contributed by atoms with Crippen molar-refractivity contribution in [1.29, 1.82) is 0 Å². The van der Waals surface area contributed by atoms with Gasteiger partial charge >= 0.3 is 0 Å². The Morgan fingerprint density at radius 1 is 0.842 bits per heavy atom. The zero-order valence-electron chi connectivity index (χ0n) is 10.8. The van der Waals surface area contributed by atoms with Crippen LogP contribution in [0.5, 0.6) is 0 Å². The molecule has 1 nitrogen and oxygen atoms in total. The predicted octanol–water partition coefficient (Wildman–Crippen LogP) is 4.95. The minimum absolute atomic E-state index is 0.199. The minimum Gasteiger partial charge on any atom is -0.294 e. The second-order valence-electron chi connectivity index (χ2n) is 4.51. The second kappa shape index (κ2) is 7.10. The van der Waals surface area contributed by atoms with E-state index in [1.54, 1.807) is 0 Å². The van der Waals surface area contributed by atoms with Crippen molar-refractivity contribution in [2.75, 3.05) is 5.88 Å². The summed E-state index contributed by atoms with van der Waals surface area (Å²) in [4.78, 5) is 11.9. The van der Waals surface area contributed by atoms with Crippen LogP contribution in [0.2, 0.25) is 0 Å². The monoisotopic (exact) mass is 272 g/mol. The number of rotatable bonds is 6. The van der Waals surface area contributed by atoms with Gasteiger partial charge in [-0.3, -0.25) is 4.79 Å². The summed E-state index contributed by atoms with van der Waals surface area (Å²) >= 11 is 5.61. The first-order valence-corrected chi connectivity index (χ1v) is 7.09. The molecule has 98 valence electrons. The van der Waals surface area contributed by atoms with Gasteiger partial charge in [0.15, 0.2) is 5.78 Å². The largest absolute Gasteiger partial charge is 0.294 e. The Morgan fingerprint density at radius 2 is 1.47 bits per heavy atom. The number of hydrogen-bond donors (Lipinski definition) is 0. The van der Waals surface area contributed by atoms with Crippen LogP contribution in [0.15, 0.2) is 54.6 Å². The number of halogens is 1. The molecule has 0 saturated heterocycles. The van der Waals surface area contributed by atoms with E-state index < -0.39 is 0 Å². The maximum absolute atomic E-state index is 11.9. The van der Waals surface area contributed by atoms with E-state index in [2.05, 4.69) is 12.1 Å². The molecule has 19 heavy (non-hydrogen) atoms. The van der Waals surface area contributed by atoms with Crippen LogP contribution in [0.3, 0.4) is 0 Å². The smallest absolute Gasteiger partial charge is 0.162 e. The fraction of sp³-hybridized carbons (Fsp3) is 0.235. The molecule has 2 rings (SSSR count). The maximum atomic E-state index is 11.9. The third kappa shape index (κ3) is 3.93. The average molecular weight is 273 g/mol. The lowest BCUT2D eigenvalue weighted by atomic mass is 10.0. The zero-order valence-corrected chi connectivity index (χ0v) is 11.6. The highest BCUT2D eigenvalue weighted by Crippen LogP contribution is 2.20. The van der Waals surface area contributed by atoms with Gasteiger partial charge in [0.1, 0.15) is 0 Å². The summed E-state index contributed by atoms with van der Waals surface area (Å²) in [7, 11) is 0. The highest BCUT2D eigenvalue weighted by Gasteiger charge is 2.05. The van der Waals surface area contributed by atoms with Crippen molar-refractivity contribution in [2.45, 2.75) is 19.3 Å². The molecule has 0 aliphatic heterocycles. The van der Waals surface area contributed by atoms with Crippen molar-refractivity contribution in [3.8, 4) is 11.1 Å². The van der Waals surface area contributed by atoms with E-state index in [1.807, 2.05) is 42.5 Å². The first-order chi connectivity index (χ1) is 9.31. The Bertz CT molecular complexity index is 517. The Morgan fingerprint density at radius 3 is 2.11 bits per heavy atom. The molecular weight excluding hydrogens is 256 g/mol. The number of carbonyl (C=O) groups excluding carboxylic acids is 1. The van der Waals surface area contributed by atoms with Crippen molar-refractivity contribution < 1.29 is 4.79 Å². The van der Waals surface area contributed by atoms with Gasteiger partial charge in [-0.05, 0) is 24.0 Å². The lowest BCUT2D eigenvalue weighted by Gasteiger charge is -2.04. The van der Waals surface area contributed by atoms with Crippen LogP contribution in [-0.2, 0) is 0 Å². The summed E-state index contributed by atoms with van der Waals surface area (Å²) in [5.74, 6) is 0.824. The van der Waals surface area contributed by atoms with E-state index >= 15 is 0 Å². The lowest BCUT2D eigenvalue weighted by molar-refractivity contribution is 0.0980. The van der Waals surface area contributed by atoms with Crippen LogP contribution >= 0.6 is 11.6 Å². The van der Waals surface area contributed by atoms with E-state index in [1.165, 1.54) is 5.56 Å². The predicted molar refractivity (Wildman–Crippen MR) is 80.8 cm³/mol.